The lowest BCUT2D eigenvalue weighted by Gasteiger charge is -2.32. The molecule has 8 nitrogen and oxygen atoms in total. The van der Waals surface area contributed by atoms with Crippen molar-refractivity contribution in [2.45, 2.75) is 20.1 Å². The van der Waals surface area contributed by atoms with Gasteiger partial charge in [-0.2, -0.15) is 4.98 Å². The van der Waals surface area contributed by atoms with E-state index in [0.29, 0.717) is 30.1 Å². The van der Waals surface area contributed by atoms with Gasteiger partial charge in [-0.05, 0) is 37.1 Å². The Kier molecular flexibility index (Phi) is 4.29. The number of ether oxygens (including phenoxy) is 1. The smallest absolute Gasteiger partial charge is 0.263 e. The monoisotopic (exact) mass is 419 g/mol. The third-order valence-electron chi connectivity index (χ3n) is 4.44. The molecule has 0 radical (unpaired) electrons. The number of aliphatic hydroxyl groups is 1. The number of fused-ring (bicyclic) bond motifs is 1. The van der Waals surface area contributed by atoms with E-state index in [-0.39, 0.29) is 12.2 Å². The van der Waals surface area contributed by atoms with Crippen molar-refractivity contribution >= 4 is 32.9 Å². The molecule has 1 unspecified atom stereocenters. The van der Waals surface area contributed by atoms with Crippen molar-refractivity contribution in [3.05, 3.63) is 44.3 Å². The number of aromatic nitrogens is 4. The Labute approximate surface area is 157 Å². The summed E-state index contributed by atoms with van der Waals surface area (Å²) in [6, 6.07) is 4.00. The van der Waals surface area contributed by atoms with Crippen LogP contribution in [0.3, 0.4) is 0 Å². The maximum absolute atomic E-state index is 12.5. The molecule has 1 fully saturated rings. The van der Waals surface area contributed by atoms with Crippen LogP contribution in [0, 0.1) is 13.8 Å². The number of morpholine rings is 1. The average molecular weight is 420 g/mol. The first-order valence-corrected chi connectivity index (χ1v) is 9.02. The number of benzene rings is 1. The average Bonchev–Trinajstić information content (AvgIpc) is 2.98. The molecule has 0 aliphatic carbocycles. The number of H-pyrrole nitrogens is 1. The molecule has 3 aromatic rings. The highest BCUT2D eigenvalue weighted by atomic mass is 79.9. The minimum absolute atomic E-state index is 0.174. The lowest BCUT2D eigenvalue weighted by atomic mass is 10.1. The van der Waals surface area contributed by atoms with Gasteiger partial charge < -0.3 is 14.7 Å². The van der Waals surface area contributed by atoms with Crippen LogP contribution in [0.4, 0.5) is 5.95 Å². The molecule has 0 bridgehead atoms. The predicted molar refractivity (Wildman–Crippen MR) is 101 cm³/mol. The van der Waals surface area contributed by atoms with Gasteiger partial charge in [0, 0.05) is 17.2 Å². The van der Waals surface area contributed by atoms with Gasteiger partial charge in [0.15, 0.2) is 11.9 Å². The fourth-order valence-corrected chi connectivity index (χ4v) is 3.94. The number of nitrogens with zero attached hydrogens (tertiary/aromatic N) is 4. The van der Waals surface area contributed by atoms with E-state index in [1.165, 1.54) is 0 Å². The molecule has 2 N–H and O–H groups in total. The van der Waals surface area contributed by atoms with E-state index in [1.807, 2.05) is 26.0 Å². The summed E-state index contributed by atoms with van der Waals surface area (Å²) in [6.45, 7) is 5.07. The summed E-state index contributed by atoms with van der Waals surface area (Å²) in [6.07, 6.45) is 0.839. The van der Waals surface area contributed by atoms with Crippen molar-refractivity contribution in [2.75, 3.05) is 24.7 Å². The zero-order valence-corrected chi connectivity index (χ0v) is 15.9. The van der Waals surface area contributed by atoms with Crippen LogP contribution in [0.15, 0.2) is 27.6 Å². The fourth-order valence-electron chi connectivity index (χ4n) is 3.26. The zero-order chi connectivity index (χ0) is 18.4. The van der Waals surface area contributed by atoms with Crippen LogP contribution in [-0.4, -0.2) is 50.8 Å². The second-order valence-electron chi connectivity index (χ2n) is 6.34. The topological polar surface area (TPSA) is 96.3 Å². The molecule has 1 saturated heterocycles. The van der Waals surface area contributed by atoms with Gasteiger partial charge in [-0.1, -0.05) is 15.9 Å². The molecule has 1 aliphatic rings. The minimum atomic E-state index is -0.845. The summed E-state index contributed by atoms with van der Waals surface area (Å²) in [4.78, 5) is 21.3. The first-order chi connectivity index (χ1) is 12.4. The van der Waals surface area contributed by atoms with E-state index >= 15 is 0 Å². The number of halogens is 1. The SMILES string of the molecule is Cc1cc(Br)cc(C)c1-n1cc2c(=O)[nH]c(N3CCOCC3O)nc2n1. The molecular weight excluding hydrogens is 402 g/mol. The number of hydrogen-bond acceptors (Lipinski definition) is 6. The summed E-state index contributed by atoms with van der Waals surface area (Å²) < 4.78 is 7.89. The van der Waals surface area contributed by atoms with Crippen molar-refractivity contribution in [1.82, 2.24) is 19.7 Å². The lowest BCUT2D eigenvalue weighted by Crippen LogP contribution is -2.46. The van der Waals surface area contributed by atoms with Gasteiger partial charge in [0.1, 0.15) is 5.39 Å². The maximum Gasteiger partial charge on any atom is 0.263 e. The quantitative estimate of drug-likeness (QED) is 0.655. The number of rotatable bonds is 2. The second kappa shape index (κ2) is 6.49. The van der Waals surface area contributed by atoms with E-state index in [9.17, 15) is 9.90 Å². The number of aliphatic hydroxyl groups excluding tert-OH is 1. The normalized spacial score (nSPS) is 17.8. The molecule has 9 heteroatoms. The van der Waals surface area contributed by atoms with Gasteiger partial charge in [0.05, 0.1) is 18.9 Å². The van der Waals surface area contributed by atoms with Crippen LogP contribution in [0.5, 0.6) is 0 Å². The molecule has 0 amide bonds. The first-order valence-electron chi connectivity index (χ1n) is 8.23. The highest BCUT2D eigenvalue weighted by molar-refractivity contribution is 9.10. The number of nitrogens with one attached hydrogen (secondary N) is 1. The maximum atomic E-state index is 12.5. The number of aryl methyl sites for hydroxylation is 2. The molecule has 1 atom stereocenters. The lowest BCUT2D eigenvalue weighted by molar-refractivity contribution is 0.00534. The Balaban J connectivity index is 1.83. The van der Waals surface area contributed by atoms with Gasteiger partial charge in [-0.25, -0.2) is 4.68 Å². The molecule has 26 heavy (non-hydrogen) atoms. The Hall–Kier alpha value is -2.23. The van der Waals surface area contributed by atoms with Crippen molar-refractivity contribution in [3.8, 4) is 5.69 Å². The van der Waals surface area contributed by atoms with E-state index in [0.717, 1.165) is 21.3 Å². The molecule has 4 rings (SSSR count). The van der Waals surface area contributed by atoms with Gasteiger partial charge in [-0.15, -0.1) is 5.10 Å². The highest BCUT2D eigenvalue weighted by Gasteiger charge is 2.24. The van der Waals surface area contributed by atoms with Crippen LogP contribution in [0.2, 0.25) is 0 Å². The molecular formula is C17H18BrN5O3. The Morgan fingerprint density at radius 2 is 2.08 bits per heavy atom. The van der Waals surface area contributed by atoms with Crippen LogP contribution in [0.25, 0.3) is 16.7 Å². The second-order valence-corrected chi connectivity index (χ2v) is 7.25. The van der Waals surface area contributed by atoms with E-state index in [4.69, 9.17) is 4.74 Å². The van der Waals surface area contributed by atoms with E-state index in [2.05, 4.69) is 31.0 Å². The summed E-state index contributed by atoms with van der Waals surface area (Å²) in [5, 5.41) is 15.0. The van der Waals surface area contributed by atoms with Crippen LogP contribution in [0.1, 0.15) is 11.1 Å². The third-order valence-corrected chi connectivity index (χ3v) is 4.89. The number of anilines is 1. The molecule has 2 aromatic heterocycles. The molecule has 1 aromatic carbocycles. The van der Waals surface area contributed by atoms with Gasteiger partial charge >= 0.3 is 0 Å². The van der Waals surface area contributed by atoms with E-state index < -0.39 is 6.23 Å². The zero-order valence-electron chi connectivity index (χ0n) is 14.4. The largest absolute Gasteiger partial charge is 0.375 e. The Morgan fingerprint density at radius 1 is 1.35 bits per heavy atom. The molecule has 0 saturated carbocycles. The number of hydrogen-bond donors (Lipinski definition) is 2. The van der Waals surface area contributed by atoms with Crippen molar-refractivity contribution in [1.29, 1.82) is 0 Å². The minimum Gasteiger partial charge on any atom is -0.375 e. The molecule has 136 valence electrons. The van der Waals surface area contributed by atoms with Crippen LogP contribution >= 0.6 is 15.9 Å². The van der Waals surface area contributed by atoms with Gasteiger partial charge in [0.2, 0.25) is 5.95 Å². The molecule has 0 spiro atoms. The molecule has 1 aliphatic heterocycles. The van der Waals surface area contributed by atoms with Crippen molar-refractivity contribution in [2.24, 2.45) is 0 Å². The summed E-state index contributed by atoms with van der Waals surface area (Å²) in [7, 11) is 0. The van der Waals surface area contributed by atoms with Gasteiger partial charge in [-0.3, -0.25) is 9.78 Å². The molecule has 3 heterocycles. The van der Waals surface area contributed by atoms with E-state index in [1.54, 1.807) is 15.8 Å². The summed E-state index contributed by atoms with van der Waals surface area (Å²) in [5.74, 6) is 0.299. The predicted octanol–water partition coefficient (Wildman–Crippen LogP) is 1.64. The fraction of sp³-hybridized carbons (Fsp3) is 0.353. The summed E-state index contributed by atoms with van der Waals surface area (Å²) >= 11 is 3.49. The first kappa shape index (κ1) is 17.2. The third kappa shape index (κ3) is 2.91. The van der Waals surface area contributed by atoms with Crippen LogP contribution < -0.4 is 10.5 Å². The highest BCUT2D eigenvalue weighted by Crippen LogP contribution is 2.25. The van der Waals surface area contributed by atoms with Crippen LogP contribution in [-0.2, 0) is 4.74 Å². The Morgan fingerprint density at radius 3 is 2.77 bits per heavy atom. The van der Waals surface area contributed by atoms with Crippen molar-refractivity contribution < 1.29 is 9.84 Å². The number of aromatic amines is 1. The standard InChI is InChI=1S/C17H18BrN5O3/c1-9-5-11(18)6-10(2)14(9)23-7-12-15(21-23)19-17(20-16(12)25)22-3-4-26-8-13(22)24/h5-7,13,24H,3-4,8H2,1-2H3,(H,19,20,21,25). The van der Waals surface area contributed by atoms with Crippen molar-refractivity contribution in [3.63, 3.8) is 0 Å². The Bertz CT molecular complexity index is 1020. The summed E-state index contributed by atoms with van der Waals surface area (Å²) in [5.41, 5.74) is 3.03. The van der Waals surface area contributed by atoms with Gasteiger partial charge in [0.25, 0.3) is 5.56 Å².